The summed E-state index contributed by atoms with van der Waals surface area (Å²) in [4.78, 5) is 14.1. The Morgan fingerprint density at radius 3 is 2.63 bits per heavy atom. The summed E-state index contributed by atoms with van der Waals surface area (Å²) in [6.45, 7) is 2.43. The average Bonchev–Trinajstić information content (AvgIpc) is 3.15. The zero-order valence-electron chi connectivity index (χ0n) is 14.7. The van der Waals surface area contributed by atoms with Crippen molar-refractivity contribution in [2.45, 2.75) is 18.8 Å². The zero-order valence-corrected chi connectivity index (χ0v) is 15.5. The number of aromatic nitrogens is 2. The molecule has 0 bridgehead atoms. The lowest BCUT2D eigenvalue weighted by Gasteiger charge is -2.20. The van der Waals surface area contributed by atoms with Gasteiger partial charge in [-0.15, -0.1) is 10.2 Å². The van der Waals surface area contributed by atoms with E-state index in [1.165, 1.54) is 12.1 Å². The Kier molecular flexibility index (Phi) is 6.43. The van der Waals surface area contributed by atoms with Gasteiger partial charge in [-0.25, -0.2) is 4.39 Å². The third-order valence-electron chi connectivity index (χ3n) is 3.64. The number of rotatable bonds is 8. The summed E-state index contributed by atoms with van der Waals surface area (Å²) in [7, 11) is 0. The van der Waals surface area contributed by atoms with Crippen molar-refractivity contribution >= 4 is 23.4 Å². The predicted octanol–water partition coefficient (Wildman–Crippen LogP) is 3.93. The molecule has 0 aliphatic heterocycles. The van der Waals surface area contributed by atoms with E-state index in [-0.39, 0.29) is 35.1 Å². The minimum atomic E-state index is -0.460. The highest BCUT2D eigenvalue weighted by molar-refractivity contribution is 7.99. The molecule has 0 saturated carbocycles. The Hall–Kier alpha value is -2.87. The zero-order chi connectivity index (χ0) is 19.1. The summed E-state index contributed by atoms with van der Waals surface area (Å²) in [5.41, 5.74) is 0.843. The number of halogens is 1. The normalized spacial score (nSPS) is 10.6. The molecule has 0 atom stereocenters. The molecular formula is C19H18FN3O3S. The van der Waals surface area contributed by atoms with Crippen LogP contribution in [0.25, 0.3) is 0 Å². The average molecular weight is 387 g/mol. The van der Waals surface area contributed by atoms with E-state index in [1.807, 2.05) is 37.3 Å². The van der Waals surface area contributed by atoms with Crippen LogP contribution in [0.15, 0.2) is 64.2 Å². The molecule has 27 heavy (non-hydrogen) atoms. The number of carbonyl (C=O) groups excluding carboxylic acids is 1. The molecule has 8 heteroatoms. The second-order valence-electron chi connectivity index (χ2n) is 5.44. The van der Waals surface area contributed by atoms with E-state index in [9.17, 15) is 9.18 Å². The van der Waals surface area contributed by atoms with Crippen molar-refractivity contribution < 1.29 is 18.3 Å². The highest BCUT2D eigenvalue weighted by Gasteiger charge is 2.16. The van der Waals surface area contributed by atoms with Crippen molar-refractivity contribution in [3.05, 3.63) is 66.3 Å². The van der Waals surface area contributed by atoms with E-state index in [4.69, 9.17) is 9.15 Å². The first-order chi connectivity index (χ1) is 13.2. The van der Waals surface area contributed by atoms with Gasteiger partial charge in [0.2, 0.25) is 5.91 Å². The molecule has 1 heterocycles. The largest absolute Gasteiger partial charge is 0.481 e. The van der Waals surface area contributed by atoms with Crippen LogP contribution in [0.3, 0.4) is 0 Å². The molecule has 6 nitrogen and oxygen atoms in total. The lowest BCUT2D eigenvalue weighted by atomic mass is 10.3. The summed E-state index contributed by atoms with van der Waals surface area (Å²) in [6.07, 6.45) is 0. The smallest absolute Gasteiger partial charge is 0.277 e. The molecule has 2 aromatic carbocycles. The summed E-state index contributed by atoms with van der Waals surface area (Å²) < 4.78 is 24.3. The first-order valence-electron chi connectivity index (χ1n) is 8.35. The lowest BCUT2D eigenvalue weighted by molar-refractivity contribution is -0.116. The Labute approximate surface area is 160 Å². The SMILES string of the molecule is CCN(C(=O)CSc1nnc(COc2ccccc2F)o1)c1ccccc1. The van der Waals surface area contributed by atoms with Gasteiger partial charge < -0.3 is 14.1 Å². The first kappa shape index (κ1) is 18.9. The van der Waals surface area contributed by atoms with Crippen LogP contribution in [-0.4, -0.2) is 28.4 Å². The molecule has 3 aromatic rings. The van der Waals surface area contributed by atoms with E-state index in [0.29, 0.717) is 6.54 Å². The number of ether oxygens (including phenoxy) is 1. The van der Waals surface area contributed by atoms with Crippen molar-refractivity contribution in [2.24, 2.45) is 0 Å². The van der Waals surface area contributed by atoms with Crippen LogP contribution in [0, 0.1) is 5.82 Å². The number of benzene rings is 2. The Balaban J connectivity index is 1.53. The number of nitrogens with zero attached hydrogens (tertiary/aromatic N) is 3. The van der Waals surface area contributed by atoms with Gasteiger partial charge in [-0.3, -0.25) is 4.79 Å². The van der Waals surface area contributed by atoms with Crippen LogP contribution in [0.4, 0.5) is 10.1 Å². The van der Waals surface area contributed by atoms with Crippen molar-refractivity contribution in [1.82, 2.24) is 10.2 Å². The molecule has 0 spiro atoms. The Morgan fingerprint density at radius 1 is 1.15 bits per heavy atom. The summed E-state index contributed by atoms with van der Waals surface area (Å²) in [5, 5.41) is 8.00. The van der Waals surface area contributed by atoms with Gasteiger partial charge >= 0.3 is 0 Å². The van der Waals surface area contributed by atoms with Gasteiger partial charge in [-0.1, -0.05) is 42.1 Å². The van der Waals surface area contributed by atoms with Gasteiger partial charge in [0.05, 0.1) is 5.75 Å². The lowest BCUT2D eigenvalue weighted by Crippen LogP contribution is -2.32. The van der Waals surface area contributed by atoms with Gasteiger partial charge in [-0.05, 0) is 31.2 Å². The molecule has 0 saturated heterocycles. The number of thioether (sulfide) groups is 1. The fourth-order valence-corrected chi connectivity index (χ4v) is 3.02. The van der Waals surface area contributed by atoms with E-state index in [1.54, 1.807) is 17.0 Å². The van der Waals surface area contributed by atoms with E-state index in [2.05, 4.69) is 10.2 Å². The quantitative estimate of drug-likeness (QED) is 0.546. The number of hydrogen-bond donors (Lipinski definition) is 0. The molecule has 0 aliphatic rings. The monoisotopic (exact) mass is 387 g/mol. The van der Waals surface area contributed by atoms with Crippen LogP contribution >= 0.6 is 11.8 Å². The molecule has 1 aromatic heterocycles. The number of anilines is 1. The Morgan fingerprint density at radius 2 is 1.89 bits per heavy atom. The summed E-state index contributed by atoms with van der Waals surface area (Å²) in [6, 6.07) is 15.5. The topological polar surface area (TPSA) is 68.5 Å². The first-order valence-corrected chi connectivity index (χ1v) is 9.34. The number of amides is 1. The van der Waals surface area contributed by atoms with Crippen molar-refractivity contribution in [3.63, 3.8) is 0 Å². The van der Waals surface area contributed by atoms with E-state index in [0.717, 1.165) is 17.4 Å². The fraction of sp³-hybridized carbons (Fsp3) is 0.211. The highest BCUT2D eigenvalue weighted by atomic mass is 32.2. The minimum absolute atomic E-state index is 0.0481. The second-order valence-corrected chi connectivity index (χ2v) is 6.37. The third-order valence-corrected chi connectivity index (χ3v) is 4.44. The van der Waals surface area contributed by atoms with Crippen molar-refractivity contribution in [2.75, 3.05) is 17.2 Å². The molecule has 140 valence electrons. The molecule has 1 amide bonds. The van der Waals surface area contributed by atoms with Gasteiger partial charge in [-0.2, -0.15) is 0 Å². The van der Waals surface area contributed by atoms with Crippen LogP contribution in [0.5, 0.6) is 5.75 Å². The fourth-order valence-electron chi connectivity index (χ4n) is 2.37. The standard InChI is InChI=1S/C19H18FN3O3S/c1-2-23(14-8-4-3-5-9-14)18(24)13-27-19-22-21-17(26-19)12-25-16-11-7-6-10-15(16)20/h3-11H,2,12-13H2,1H3. The van der Waals surface area contributed by atoms with Gasteiger partial charge in [0.1, 0.15) is 0 Å². The van der Waals surface area contributed by atoms with E-state index >= 15 is 0 Å². The summed E-state index contributed by atoms with van der Waals surface area (Å²) >= 11 is 1.15. The van der Waals surface area contributed by atoms with Crippen LogP contribution in [0.1, 0.15) is 12.8 Å². The second kappa shape index (κ2) is 9.18. The molecular weight excluding hydrogens is 369 g/mol. The number of hydrogen-bond acceptors (Lipinski definition) is 6. The van der Waals surface area contributed by atoms with Gasteiger partial charge in [0, 0.05) is 12.2 Å². The van der Waals surface area contributed by atoms with Crippen LogP contribution < -0.4 is 9.64 Å². The third kappa shape index (κ3) is 5.07. The van der Waals surface area contributed by atoms with Gasteiger partial charge in [0.25, 0.3) is 11.1 Å². The van der Waals surface area contributed by atoms with Crippen LogP contribution in [0.2, 0.25) is 0 Å². The number of para-hydroxylation sites is 2. The molecule has 0 N–H and O–H groups in total. The molecule has 0 fully saturated rings. The molecule has 0 unspecified atom stereocenters. The molecule has 3 rings (SSSR count). The maximum absolute atomic E-state index is 13.5. The minimum Gasteiger partial charge on any atom is -0.481 e. The molecule has 0 radical (unpaired) electrons. The molecule has 0 aliphatic carbocycles. The maximum atomic E-state index is 13.5. The Bertz CT molecular complexity index is 889. The maximum Gasteiger partial charge on any atom is 0.277 e. The van der Waals surface area contributed by atoms with Crippen LogP contribution in [-0.2, 0) is 11.4 Å². The number of carbonyl (C=O) groups is 1. The predicted molar refractivity (Wildman–Crippen MR) is 100 cm³/mol. The van der Waals surface area contributed by atoms with E-state index < -0.39 is 5.82 Å². The highest BCUT2D eigenvalue weighted by Crippen LogP contribution is 2.21. The van der Waals surface area contributed by atoms with Gasteiger partial charge in [0.15, 0.2) is 18.2 Å². The van der Waals surface area contributed by atoms with Crippen molar-refractivity contribution in [1.29, 1.82) is 0 Å². The van der Waals surface area contributed by atoms with Crippen molar-refractivity contribution in [3.8, 4) is 5.75 Å². The summed E-state index contributed by atoms with van der Waals surface area (Å²) in [5.74, 6) is -0.0302.